The Hall–Kier alpha value is -3.85. The maximum atomic E-state index is 13.0. The largest absolute Gasteiger partial charge is 0.508 e. The van der Waals surface area contributed by atoms with Crippen LogP contribution in [0.25, 0.3) is 10.9 Å². The van der Waals surface area contributed by atoms with Crippen LogP contribution in [0.3, 0.4) is 0 Å². The second-order valence-electron chi connectivity index (χ2n) is 8.67. The standard InChI is InChI=1S/C25H30N4O5/c1-14(2)22(29-23(31)19(26)11-15-7-9-17(30)10-8-15)24(32)28-21(25(33)34)12-16-13-27-20-6-4-3-5-18(16)20/h3-10,13-14,19,21-22,27,30H,11-12,26H2,1-2H3,(H,28,32)(H,29,31)(H,33,34). The number of hydrogen-bond donors (Lipinski definition) is 6. The van der Waals surface area contributed by atoms with Gasteiger partial charge in [-0.2, -0.15) is 0 Å². The van der Waals surface area contributed by atoms with E-state index in [4.69, 9.17) is 5.73 Å². The van der Waals surface area contributed by atoms with Crippen LogP contribution in [0.15, 0.2) is 54.7 Å². The molecule has 0 aliphatic carbocycles. The van der Waals surface area contributed by atoms with E-state index < -0.39 is 35.9 Å². The van der Waals surface area contributed by atoms with Crippen molar-refractivity contribution in [3.63, 3.8) is 0 Å². The van der Waals surface area contributed by atoms with Crippen LogP contribution in [0.5, 0.6) is 5.75 Å². The number of aromatic amines is 1. The van der Waals surface area contributed by atoms with Crippen LogP contribution in [0, 0.1) is 5.92 Å². The average Bonchev–Trinajstić information content (AvgIpc) is 3.20. The van der Waals surface area contributed by atoms with Gasteiger partial charge in [-0.15, -0.1) is 0 Å². The quantitative estimate of drug-likeness (QED) is 0.267. The summed E-state index contributed by atoms with van der Waals surface area (Å²) in [6.07, 6.45) is 2.04. The fourth-order valence-electron chi connectivity index (χ4n) is 3.76. The van der Waals surface area contributed by atoms with E-state index in [1.165, 1.54) is 12.1 Å². The van der Waals surface area contributed by atoms with Gasteiger partial charge in [-0.25, -0.2) is 4.79 Å². The summed E-state index contributed by atoms with van der Waals surface area (Å²) in [7, 11) is 0. The van der Waals surface area contributed by atoms with Crippen LogP contribution in [0.4, 0.5) is 0 Å². The third-order valence-electron chi connectivity index (χ3n) is 5.69. The number of H-pyrrole nitrogens is 1. The van der Waals surface area contributed by atoms with Crippen molar-refractivity contribution in [1.29, 1.82) is 0 Å². The molecule has 0 spiro atoms. The number of fused-ring (bicyclic) bond motifs is 1. The number of nitrogens with one attached hydrogen (secondary N) is 3. The first kappa shape index (κ1) is 24.8. The summed E-state index contributed by atoms with van der Waals surface area (Å²) in [5.41, 5.74) is 8.43. The summed E-state index contributed by atoms with van der Waals surface area (Å²) in [5, 5.41) is 25.2. The second kappa shape index (κ2) is 10.8. The lowest BCUT2D eigenvalue weighted by Gasteiger charge is -2.25. The number of aliphatic carboxylic acids is 1. The van der Waals surface area contributed by atoms with Gasteiger partial charge in [0.1, 0.15) is 17.8 Å². The van der Waals surface area contributed by atoms with Gasteiger partial charge in [0.25, 0.3) is 0 Å². The summed E-state index contributed by atoms with van der Waals surface area (Å²) in [6.45, 7) is 3.51. The molecule has 1 aromatic heterocycles. The van der Waals surface area contributed by atoms with Crippen LogP contribution >= 0.6 is 0 Å². The SMILES string of the molecule is CC(C)C(NC(=O)C(N)Cc1ccc(O)cc1)C(=O)NC(Cc1c[nH]c2ccccc12)C(=O)O. The molecule has 9 heteroatoms. The highest BCUT2D eigenvalue weighted by atomic mass is 16.4. The first-order valence-electron chi connectivity index (χ1n) is 11.1. The molecule has 3 atom stereocenters. The van der Waals surface area contributed by atoms with Crippen LogP contribution in [-0.4, -0.2) is 51.1 Å². The van der Waals surface area contributed by atoms with Gasteiger partial charge in [0.05, 0.1) is 6.04 Å². The Morgan fingerprint density at radius 3 is 2.29 bits per heavy atom. The van der Waals surface area contributed by atoms with Gasteiger partial charge in [-0.05, 0) is 41.7 Å². The average molecular weight is 467 g/mol. The summed E-state index contributed by atoms with van der Waals surface area (Å²) in [6, 6.07) is 10.8. The predicted molar refractivity (Wildman–Crippen MR) is 128 cm³/mol. The molecule has 34 heavy (non-hydrogen) atoms. The third-order valence-corrected chi connectivity index (χ3v) is 5.69. The van der Waals surface area contributed by atoms with Crippen LogP contribution < -0.4 is 16.4 Å². The lowest BCUT2D eigenvalue weighted by atomic mass is 10.00. The molecule has 0 radical (unpaired) electrons. The number of phenolic OH excluding ortho intramolecular Hbond substituents is 1. The Labute approximate surface area is 197 Å². The minimum atomic E-state index is -1.17. The molecule has 1 heterocycles. The second-order valence-corrected chi connectivity index (χ2v) is 8.67. The van der Waals surface area contributed by atoms with E-state index in [-0.39, 0.29) is 24.5 Å². The van der Waals surface area contributed by atoms with Crippen LogP contribution in [-0.2, 0) is 27.2 Å². The van der Waals surface area contributed by atoms with Crippen LogP contribution in [0.1, 0.15) is 25.0 Å². The van der Waals surface area contributed by atoms with Gasteiger partial charge in [-0.3, -0.25) is 9.59 Å². The number of phenols is 1. The molecule has 2 aromatic carbocycles. The zero-order chi connectivity index (χ0) is 24.8. The number of nitrogens with two attached hydrogens (primary N) is 1. The molecular weight excluding hydrogens is 436 g/mol. The number of carboxylic acid groups (broad SMARTS) is 1. The lowest BCUT2D eigenvalue weighted by Crippen LogP contribution is -2.56. The lowest BCUT2D eigenvalue weighted by molar-refractivity contribution is -0.142. The number of benzene rings is 2. The van der Waals surface area contributed by atoms with E-state index in [2.05, 4.69) is 15.6 Å². The molecule has 7 N–H and O–H groups in total. The summed E-state index contributed by atoms with van der Waals surface area (Å²) < 4.78 is 0. The predicted octanol–water partition coefficient (Wildman–Crippen LogP) is 1.70. The van der Waals surface area contributed by atoms with E-state index in [9.17, 15) is 24.6 Å². The van der Waals surface area contributed by atoms with Gasteiger partial charge in [0, 0.05) is 23.5 Å². The Morgan fingerprint density at radius 2 is 1.65 bits per heavy atom. The number of aromatic hydroxyl groups is 1. The van der Waals surface area contributed by atoms with E-state index in [1.807, 2.05) is 24.3 Å². The molecule has 0 saturated heterocycles. The van der Waals surface area contributed by atoms with E-state index >= 15 is 0 Å². The minimum Gasteiger partial charge on any atom is -0.508 e. The Bertz CT molecular complexity index is 1160. The fraction of sp³-hybridized carbons (Fsp3) is 0.320. The van der Waals surface area contributed by atoms with Gasteiger partial charge >= 0.3 is 5.97 Å². The van der Waals surface area contributed by atoms with Crippen molar-refractivity contribution >= 4 is 28.7 Å². The fourth-order valence-corrected chi connectivity index (χ4v) is 3.76. The number of carbonyl (C=O) groups excluding carboxylic acids is 2. The summed E-state index contributed by atoms with van der Waals surface area (Å²) in [4.78, 5) is 40.6. The van der Waals surface area contributed by atoms with Gasteiger partial charge in [-0.1, -0.05) is 44.2 Å². The molecule has 0 fully saturated rings. The maximum absolute atomic E-state index is 13.0. The van der Waals surface area contributed by atoms with Crippen molar-refractivity contribution in [1.82, 2.24) is 15.6 Å². The molecule has 9 nitrogen and oxygen atoms in total. The number of rotatable bonds is 10. The summed E-state index contributed by atoms with van der Waals surface area (Å²) in [5.74, 6) is -2.47. The molecule has 3 aromatic rings. The number of hydrogen-bond acceptors (Lipinski definition) is 5. The number of aromatic nitrogens is 1. The highest BCUT2D eigenvalue weighted by molar-refractivity contribution is 5.92. The molecule has 0 saturated carbocycles. The topological polar surface area (TPSA) is 158 Å². The van der Waals surface area contributed by atoms with E-state index in [1.54, 1.807) is 32.2 Å². The highest BCUT2D eigenvalue weighted by Crippen LogP contribution is 2.19. The molecule has 0 bridgehead atoms. The first-order valence-corrected chi connectivity index (χ1v) is 11.1. The van der Waals surface area contributed by atoms with Gasteiger partial charge in [0.2, 0.25) is 11.8 Å². The molecule has 2 amide bonds. The van der Waals surface area contributed by atoms with E-state index in [0.717, 1.165) is 22.0 Å². The molecule has 3 unspecified atom stereocenters. The monoisotopic (exact) mass is 466 g/mol. The zero-order valence-corrected chi connectivity index (χ0v) is 19.1. The van der Waals surface area contributed by atoms with Crippen molar-refractivity contribution in [2.45, 2.75) is 44.8 Å². The van der Waals surface area contributed by atoms with E-state index in [0.29, 0.717) is 0 Å². The smallest absolute Gasteiger partial charge is 0.326 e. The molecule has 180 valence electrons. The Morgan fingerprint density at radius 1 is 0.971 bits per heavy atom. The normalized spacial score (nSPS) is 13.9. The van der Waals surface area contributed by atoms with Crippen molar-refractivity contribution < 1.29 is 24.6 Å². The Balaban J connectivity index is 1.66. The van der Waals surface area contributed by atoms with Crippen molar-refractivity contribution in [2.24, 2.45) is 11.7 Å². The van der Waals surface area contributed by atoms with Gasteiger partial charge in [0.15, 0.2) is 0 Å². The number of amides is 2. The molecule has 0 aliphatic heterocycles. The minimum absolute atomic E-state index is 0.0875. The molecule has 3 rings (SSSR count). The third kappa shape index (κ3) is 6.14. The van der Waals surface area contributed by atoms with Crippen molar-refractivity contribution in [3.05, 3.63) is 65.9 Å². The molecule has 0 aliphatic rings. The highest BCUT2D eigenvalue weighted by Gasteiger charge is 2.30. The first-order chi connectivity index (χ1) is 16.2. The number of carbonyl (C=O) groups is 3. The number of carboxylic acids is 1. The van der Waals surface area contributed by atoms with Crippen molar-refractivity contribution in [2.75, 3.05) is 0 Å². The summed E-state index contributed by atoms with van der Waals surface area (Å²) >= 11 is 0. The molecular formula is C25H30N4O5. The zero-order valence-electron chi connectivity index (χ0n) is 19.1. The van der Waals surface area contributed by atoms with Crippen molar-refractivity contribution in [3.8, 4) is 5.75 Å². The Kier molecular flexibility index (Phi) is 7.91. The van der Waals surface area contributed by atoms with Gasteiger partial charge < -0.3 is 31.6 Å². The van der Waals surface area contributed by atoms with Crippen LogP contribution in [0.2, 0.25) is 0 Å². The number of para-hydroxylation sites is 1. The maximum Gasteiger partial charge on any atom is 0.326 e.